The summed E-state index contributed by atoms with van der Waals surface area (Å²) < 4.78 is 0. The van der Waals surface area contributed by atoms with Crippen molar-refractivity contribution in [2.75, 3.05) is 0 Å². The summed E-state index contributed by atoms with van der Waals surface area (Å²) in [4.78, 5) is 0. The molecule has 82 valence electrons. The predicted octanol–water partition coefficient (Wildman–Crippen LogP) is 5.30. The highest BCUT2D eigenvalue weighted by atomic mass is 13.9. The largest absolute Gasteiger partial charge is 0.103 e. The Labute approximate surface area is 90.7 Å². The molecule has 0 N–H and O–H groups in total. The third-order valence-electron chi connectivity index (χ3n) is 1.25. The zero-order valence-corrected chi connectivity index (χ0v) is 10.6. The zero-order valence-electron chi connectivity index (χ0n) is 10.6. The zero-order chi connectivity index (χ0) is 12.0. The van der Waals surface area contributed by atoms with E-state index in [0.717, 1.165) is 17.6 Å². The van der Waals surface area contributed by atoms with Gasteiger partial charge in [0.25, 0.3) is 0 Å². The molecule has 14 heavy (non-hydrogen) atoms. The van der Waals surface area contributed by atoms with Crippen LogP contribution < -0.4 is 0 Å². The lowest BCUT2D eigenvalue weighted by Crippen LogP contribution is -1.78. The highest BCUT2D eigenvalue weighted by molar-refractivity contribution is 5.34. The maximum atomic E-state index is 3.84. The fraction of sp³-hybridized carbons (Fsp3) is 0.429. The molecule has 0 heterocycles. The van der Waals surface area contributed by atoms with E-state index in [-0.39, 0.29) is 0 Å². The molecule has 0 fully saturated rings. The molecule has 0 aromatic heterocycles. The minimum absolute atomic E-state index is 0.989. The second kappa shape index (κ2) is 17.9. The first-order valence-corrected chi connectivity index (χ1v) is 5.20. The van der Waals surface area contributed by atoms with Gasteiger partial charge in [-0.2, -0.15) is 0 Å². The Bertz CT molecular complexity index is 170. The molecule has 0 saturated heterocycles. The SMILES string of the molecule is C=C(/C=C\C)C(=C)CC.C=CC.CC. The molecule has 0 unspecified atom stereocenters. The normalized spacial score (nSPS) is 7.79. The lowest BCUT2D eigenvalue weighted by Gasteiger charge is -1.98. The highest BCUT2D eigenvalue weighted by Gasteiger charge is 1.89. The summed E-state index contributed by atoms with van der Waals surface area (Å²) in [5.74, 6) is 0. The fourth-order valence-corrected chi connectivity index (χ4v) is 0.546. The van der Waals surface area contributed by atoms with E-state index in [2.05, 4.69) is 26.7 Å². The van der Waals surface area contributed by atoms with E-state index in [1.807, 2.05) is 39.8 Å². The summed E-state index contributed by atoms with van der Waals surface area (Å²) in [7, 11) is 0. The molecular weight excluding hydrogens is 168 g/mol. The molecule has 0 rings (SSSR count). The molecular formula is C14H26. The molecule has 0 aliphatic heterocycles. The van der Waals surface area contributed by atoms with Crippen LogP contribution >= 0.6 is 0 Å². The lowest BCUT2D eigenvalue weighted by molar-refractivity contribution is 1.14. The van der Waals surface area contributed by atoms with Gasteiger partial charge in [0.1, 0.15) is 0 Å². The molecule has 0 spiro atoms. The smallest absolute Gasteiger partial charge is 0.0306 e. The maximum Gasteiger partial charge on any atom is -0.0306 e. The Morgan fingerprint density at radius 3 is 1.71 bits per heavy atom. The van der Waals surface area contributed by atoms with Gasteiger partial charge in [-0.3, -0.25) is 0 Å². The van der Waals surface area contributed by atoms with Crippen molar-refractivity contribution in [3.8, 4) is 0 Å². The van der Waals surface area contributed by atoms with Crippen LogP contribution in [-0.2, 0) is 0 Å². The summed E-state index contributed by atoms with van der Waals surface area (Å²) in [5, 5.41) is 0. The van der Waals surface area contributed by atoms with E-state index in [4.69, 9.17) is 0 Å². The fourth-order valence-electron chi connectivity index (χ4n) is 0.546. The van der Waals surface area contributed by atoms with Crippen molar-refractivity contribution in [3.63, 3.8) is 0 Å². The van der Waals surface area contributed by atoms with Gasteiger partial charge in [-0.05, 0) is 31.4 Å². The van der Waals surface area contributed by atoms with Crippen LogP contribution in [0.4, 0.5) is 0 Å². The number of hydrogen-bond acceptors (Lipinski definition) is 0. The standard InChI is InChI=1S/C9H14.C3H6.C2H6/c1-5-7-9(4)8(3)6-2;1-3-2;1-2/h5,7H,3-4,6H2,1-2H3;3H,1H2,2H3;1-2H3/b7-5-;;. The summed E-state index contributed by atoms with van der Waals surface area (Å²) >= 11 is 0. The van der Waals surface area contributed by atoms with Gasteiger partial charge in [-0.1, -0.05) is 52.2 Å². The van der Waals surface area contributed by atoms with E-state index in [9.17, 15) is 0 Å². The predicted molar refractivity (Wildman–Crippen MR) is 70.6 cm³/mol. The second-order valence-electron chi connectivity index (χ2n) is 2.39. The first-order valence-electron chi connectivity index (χ1n) is 5.20. The monoisotopic (exact) mass is 194 g/mol. The highest BCUT2D eigenvalue weighted by Crippen LogP contribution is 2.09. The Morgan fingerprint density at radius 1 is 1.14 bits per heavy atom. The molecule has 0 aromatic carbocycles. The molecule has 0 nitrogen and oxygen atoms in total. The summed E-state index contributed by atoms with van der Waals surface area (Å²) in [6.45, 7) is 21.0. The molecule has 0 saturated carbocycles. The first kappa shape index (κ1) is 18.7. The molecule has 0 aliphatic rings. The van der Waals surface area contributed by atoms with Crippen LogP contribution in [0.15, 0.2) is 49.1 Å². The Morgan fingerprint density at radius 2 is 1.50 bits per heavy atom. The first-order chi connectivity index (χ1) is 6.63. The Hall–Kier alpha value is -1.04. The van der Waals surface area contributed by atoms with E-state index in [1.54, 1.807) is 6.08 Å². The van der Waals surface area contributed by atoms with Crippen molar-refractivity contribution in [3.05, 3.63) is 49.1 Å². The van der Waals surface area contributed by atoms with Gasteiger partial charge >= 0.3 is 0 Å². The third-order valence-corrected chi connectivity index (χ3v) is 1.25. The Kier molecular flexibility index (Phi) is 23.9. The van der Waals surface area contributed by atoms with Crippen LogP contribution in [0, 0.1) is 0 Å². The van der Waals surface area contributed by atoms with Crippen LogP contribution in [0.3, 0.4) is 0 Å². The number of allylic oxidation sites excluding steroid dienone is 5. The van der Waals surface area contributed by atoms with E-state index in [1.165, 1.54) is 0 Å². The third kappa shape index (κ3) is 17.2. The van der Waals surface area contributed by atoms with E-state index in [0.29, 0.717) is 0 Å². The lowest BCUT2D eigenvalue weighted by atomic mass is 10.1. The van der Waals surface area contributed by atoms with Crippen molar-refractivity contribution in [1.29, 1.82) is 0 Å². The van der Waals surface area contributed by atoms with Gasteiger partial charge in [0.15, 0.2) is 0 Å². The molecule has 0 radical (unpaired) electrons. The van der Waals surface area contributed by atoms with Crippen molar-refractivity contribution >= 4 is 0 Å². The Balaban J connectivity index is -0.000000205. The number of hydrogen-bond donors (Lipinski definition) is 0. The molecule has 0 bridgehead atoms. The van der Waals surface area contributed by atoms with E-state index >= 15 is 0 Å². The van der Waals surface area contributed by atoms with Gasteiger partial charge < -0.3 is 0 Å². The average Bonchev–Trinajstić information content (AvgIpc) is 2.21. The van der Waals surface area contributed by atoms with Crippen molar-refractivity contribution < 1.29 is 0 Å². The van der Waals surface area contributed by atoms with Crippen LogP contribution in [0.25, 0.3) is 0 Å². The number of rotatable bonds is 3. The van der Waals surface area contributed by atoms with Crippen LogP contribution in [0.5, 0.6) is 0 Å². The minimum atomic E-state index is 0.989. The van der Waals surface area contributed by atoms with Gasteiger partial charge in [-0.15, -0.1) is 6.58 Å². The topological polar surface area (TPSA) is 0 Å². The molecule has 0 heteroatoms. The summed E-state index contributed by atoms with van der Waals surface area (Å²) in [6.07, 6.45) is 6.69. The summed E-state index contributed by atoms with van der Waals surface area (Å²) in [5.41, 5.74) is 2.16. The molecule has 0 aromatic rings. The molecule has 0 atom stereocenters. The van der Waals surface area contributed by atoms with Gasteiger partial charge in [0, 0.05) is 0 Å². The molecule has 0 aliphatic carbocycles. The second-order valence-corrected chi connectivity index (χ2v) is 2.39. The van der Waals surface area contributed by atoms with Crippen molar-refractivity contribution in [2.24, 2.45) is 0 Å². The van der Waals surface area contributed by atoms with E-state index < -0.39 is 0 Å². The van der Waals surface area contributed by atoms with Crippen LogP contribution in [0.1, 0.15) is 41.0 Å². The van der Waals surface area contributed by atoms with Gasteiger partial charge in [0.2, 0.25) is 0 Å². The van der Waals surface area contributed by atoms with Crippen molar-refractivity contribution in [1.82, 2.24) is 0 Å². The van der Waals surface area contributed by atoms with Crippen molar-refractivity contribution in [2.45, 2.75) is 41.0 Å². The quantitative estimate of drug-likeness (QED) is 0.422. The summed E-state index contributed by atoms with van der Waals surface area (Å²) in [6, 6.07) is 0. The minimum Gasteiger partial charge on any atom is -0.103 e. The molecule has 0 amide bonds. The van der Waals surface area contributed by atoms with Crippen LogP contribution in [-0.4, -0.2) is 0 Å². The maximum absolute atomic E-state index is 3.84. The van der Waals surface area contributed by atoms with Gasteiger partial charge in [-0.25, -0.2) is 0 Å². The van der Waals surface area contributed by atoms with Crippen LogP contribution in [0.2, 0.25) is 0 Å². The van der Waals surface area contributed by atoms with Gasteiger partial charge in [0.05, 0.1) is 0 Å². The average molecular weight is 194 g/mol.